The maximum atomic E-state index is 13.3. The quantitative estimate of drug-likeness (QED) is 0.377. The number of hydrogen-bond donors (Lipinski definition) is 1. The van der Waals surface area contributed by atoms with Gasteiger partial charge in [0.15, 0.2) is 11.6 Å². The van der Waals surface area contributed by atoms with Gasteiger partial charge in [-0.3, -0.25) is 9.59 Å². The minimum Gasteiger partial charge on any atom is -0.377 e. The number of aliphatic hydroxyl groups is 1. The fourth-order valence-corrected chi connectivity index (χ4v) is 7.98. The van der Waals surface area contributed by atoms with E-state index in [0.29, 0.717) is 34.9 Å². The number of rotatable bonds is 3. The van der Waals surface area contributed by atoms with Crippen LogP contribution in [0.1, 0.15) is 91.8 Å². The van der Waals surface area contributed by atoms with E-state index in [1.807, 2.05) is 37.3 Å². The highest BCUT2D eigenvalue weighted by molar-refractivity contribution is 6.09. The highest BCUT2D eigenvalue weighted by Gasteiger charge is 2.60. The molecule has 0 saturated heterocycles. The Kier molecular flexibility index (Phi) is 6.21. The number of benzene rings is 2. The molecule has 0 spiro atoms. The van der Waals surface area contributed by atoms with Crippen LogP contribution in [0.3, 0.4) is 0 Å². The molecule has 5 atom stereocenters. The maximum Gasteiger partial charge on any atom is 0.193 e. The van der Waals surface area contributed by atoms with E-state index in [9.17, 15) is 14.7 Å². The predicted octanol–water partition coefficient (Wildman–Crippen LogP) is 6.44. The van der Waals surface area contributed by atoms with Gasteiger partial charge >= 0.3 is 0 Å². The molecule has 0 amide bonds. The van der Waals surface area contributed by atoms with Crippen molar-refractivity contribution in [3.63, 3.8) is 0 Å². The van der Waals surface area contributed by atoms with Crippen LogP contribution in [-0.2, 0) is 4.79 Å². The Labute approximate surface area is 230 Å². The number of carbonyl (C=O) groups is 2. The van der Waals surface area contributed by atoms with Crippen LogP contribution >= 0.6 is 0 Å². The molecule has 4 aliphatic carbocycles. The molecule has 0 aliphatic heterocycles. The Balaban J connectivity index is 1.26. The van der Waals surface area contributed by atoms with Gasteiger partial charge in [-0.2, -0.15) is 5.26 Å². The Morgan fingerprint density at radius 2 is 1.69 bits per heavy atom. The summed E-state index contributed by atoms with van der Waals surface area (Å²) >= 11 is 0. The normalized spacial score (nSPS) is 31.2. The lowest BCUT2D eigenvalue weighted by atomic mass is 9.55. The first-order chi connectivity index (χ1) is 18.8. The van der Waals surface area contributed by atoms with E-state index in [0.717, 1.165) is 44.1 Å². The molecule has 6 rings (SSSR count). The highest BCUT2D eigenvalue weighted by Crippen LogP contribution is 2.63. The first-order valence-electron chi connectivity index (χ1n) is 14.1. The van der Waals surface area contributed by atoms with Crippen molar-refractivity contribution in [2.45, 2.75) is 70.3 Å². The summed E-state index contributed by atoms with van der Waals surface area (Å²) in [6.07, 6.45) is 8.18. The van der Waals surface area contributed by atoms with Crippen molar-refractivity contribution in [2.24, 2.45) is 17.3 Å². The molecular formula is C35H33NO3. The van der Waals surface area contributed by atoms with E-state index in [4.69, 9.17) is 5.26 Å². The van der Waals surface area contributed by atoms with E-state index in [1.165, 1.54) is 16.7 Å². The molecule has 0 aromatic heterocycles. The van der Waals surface area contributed by atoms with Crippen LogP contribution in [0.2, 0.25) is 0 Å². The Hall–Kier alpha value is -3.73. The highest BCUT2D eigenvalue weighted by atomic mass is 16.3. The molecule has 0 heterocycles. The SMILES string of the molecule is CC#CC1(O)CC[C@H]2[C@@H]3CCC4=CC(=O)C(c5ccc(C(=O)c6ccc(C#N)cc6)cc5)CC4=C3CC[C@@]21C. The van der Waals surface area contributed by atoms with Crippen molar-refractivity contribution in [1.29, 1.82) is 5.26 Å². The standard InChI is InChI=1S/C35H33NO3/c1-3-16-35(39)18-15-31-28-13-12-26-19-32(37)30(20-29(26)27(28)14-17-34(31,35)2)23-8-10-25(11-9-23)33(38)24-6-4-22(21-36)5-7-24/h4-11,19,28,30-31,39H,12-15,17-18,20H2,1-2H3/t28-,30?,31+,34+,35?/m1/s1. The molecule has 2 unspecified atom stereocenters. The summed E-state index contributed by atoms with van der Waals surface area (Å²) in [7, 11) is 0. The summed E-state index contributed by atoms with van der Waals surface area (Å²) < 4.78 is 0. The van der Waals surface area contributed by atoms with Gasteiger partial charge in [0.2, 0.25) is 0 Å². The maximum absolute atomic E-state index is 13.3. The second-order valence-electron chi connectivity index (χ2n) is 11.9. The lowest BCUT2D eigenvalue weighted by molar-refractivity contribution is -0.116. The number of ketones is 2. The van der Waals surface area contributed by atoms with Crippen LogP contribution in [0, 0.1) is 40.4 Å². The van der Waals surface area contributed by atoms with Crippen LogP contribution in [0.25, 0.3) is 0 Å². The topological polar surface area (TPSA) is 78.2 Å². The van der Waals surface area contributed by atoms with E-state index in [-0.39, 0.29) is 22.9 Å². The van der Waals surface area contributed by atoms with Crippen molar-refractivity contribution in [3.8, 4) is 17.9 Å². The molecule has 0 bridgehead atoms. The van der Waals surface area contributed by atoms with Crippen LogP contribution in [-0.4, -0.2) is 22.3 Å². The molecule has 2 aromatic carbocycles. The summed E-state index contributed by atoms with van der Waals surface area (Å²) in [6.45, 7) is 4.06. The van der Waals surface area contributed by atoms with Gasteiger partial charge in [-0.1, -0.05) is 42.7 Å². The van der Waals surface area contributed by atoms with Gasteiger partial charge in [0.05, 0.1) is 17.6 Å². The van der Waals surface area contributed by atoms with E-state index >= 15 is 0 Å². The Morgan fingerprint density at radius 3 is 2.36 bits per heavy atom. The molecule has 4 aliphatic rings. The average Bonchev–Trinajstić information content (AvgIpc) is 3.22. The second kappa shape index (κ2) is 9.48. The molecule has 196 valence electrons. The fourth-order valence-electron chi connectivity index (χ4n) is 7.98. The van der Waals surface area contributed by atoms with Crippen LogP contribution in [0.4, 0.5) is 0 Å². The van der Waals surface area contributed by atoms with Crippen molar-refractivity contribution >= 4 is 11.6 Å². The van der Waals surface area contributed by atoms with Crippen LogP contribution in [0.15, 0.2) is 71.3 Å². The first-order valence-corrected chi connectivity index (χ1v) is 14.1. The third kappa shape index (κ3) is 4.02. The van der Waals surface area contributed by atoms with Crippen molar-refractivity contribution in [2.75, 3.05) is 0 Å². The largest absolute Gasteiger partial charge is 0.377 e. The molecule has 0 radical (unpaired) electrons. The number of carbonyl (C=O) groups excluding carboxylic acids is 2. The second-order valence-corrected chi connectivity index (χ2v) is 11.9. The van der Waals surface area contributed by atoms with Gasteiger partial charge in [-0.25, -0.2) is 0 Å². The zero-order valence-electron chi connectivity index (χ0n) is 22.6. The minimum absolute atomic E-state index is 0.0993. The Bertz CT molecular complexity index is 1530. The molecule has 2 saturated carbocycles. The molecule has 2 aromatic rings. The predicted molar refractivity (Wildman–Crippen MR) is 150 cm³/mol. The lowest BCUT2D eigenvalue weighted by Gasteiger charge is -2.50. The van der Waals surface area contributed by atoms with Crippen LogP contribution < -0.4 is 0 Å². The van der Waals surface area contributed by atoms with Crippen molar-refractivity contribution in [3.05, 3.63) is 93.6 Å². The minimum atomic E-state index is -0.902. The zero-order valence-corrected chi connectivity index (χ0v) is 22.6. The van der Waals surface area contributed by atoms with E-state index in [1.54, 1.807) is 24.3 Å². The lowest BCUT2D eigenvalue weighted by Crippen LogP contribution is -2.49. The smallest absolute Gasteiger partial charge is 0.193 e. The van der Waals surface area contributed by atoms with Crippen LogP contribution in [0.5, 0.6) is 0 Å². The summed E-state index contributed by atoms with van der Waals surface area (Å²) in [5.74, 6) is 6.83. The monoisotopic (exact) mass is 515 g/mol. The number of hydrogen-bond acceptors (Lipinski definition) is 4. The molecule has 4 nitrogen and oxygen atoms in total. The van der Waals surface area contributed by atoms with Gasteiger partial charge < -0.3 is 5.11 Å². The molecular weight excluding hydrogens is 482 g/mol. The zero-order chi connectivity index (χ0) is 27.4. The summed E-state index contributed by atoms with van der Waals surface area (Å²) in [4.78, 5) is 26.2. The van der Waals surface area contributed by atoms with Gasteiger partial charge in [0.1, 0.15) is 5.60 Å². The van der Waals surface area contributed by atoms with Gasteiger partial charge in [0.25, 0.3) is 0 Å². The average molecular weight is 516 g/mol. The number of fused-ring (bicyclic) bond motifs is 4. The summed E-state index contributed by atoms with van der Waals surface area (Å²) in [6, 6.07) is 16.2. The fraction of sp³-hybridized carbons (Fsp3) is 0.400. The Morgan fingerprint density at radius 1 is 1.00 bits per heavy atom. The summed E-state index contributed by atoms with van der Waals surface area (Å²) in [5, 5.41) is 20.5. The molecule has 2 fully saturated rings. The van der Waals surface area contributed by atoms with Crippen molar-refractivity contribution < 1.29 is 14.7 Å². The molecule has 4 heteroatoms. The van der Waals surface area contributed by atoms with Gasteiger partial charge in [0, 0.05) is 16.5 Å². The van der Waals surface area contributed by atoms with Gasteiger partial charge in [-0.05, 0) is 111 Å². The molecule has 39 heavy (non-hydrogen) atoms. The third-order valence-corrected chi connectivity index (χ3v) is 10.2. The number of allylic oxidation sites excluding steroid dienone is 4. The first kappa shape index (κ1) is 25.5. The van der Waals surface area contributed by atoms with Gasteiger partial charge in [-0.15, -0.1) is 5.92 Å². The summed E-state index contributed by atoms with van der Waals surface area (Å²) in [5.41, 5.74) is 5.56. The van der Waals surface area contributed by atoms with E-state index < -0.39 is 5.60 Å². The van der Waals surface area contributed by atoms with E-state index in [2.05, 4.69) is 24.8 Å². The molecule has 1 N–H and O–H groups in total. The number of nitrogens with zero attached hydrogens (tertiary/aromatic N) is 1. The third-order valence-electron chi connectivity index (χ3n) is 10.2. The van der Waals surface area contributed by atoms with Crippen molar-refractivity contribution in [1.82, 2.24) is 0 Å². The number of nitriles is 1.